The molecule has 0 saturated heterocycles. The van der Waals surface area contributed by atoms with Crippen molar-refractivity contribution in [3.8, 4) is 11.5 Å². The lowest BCUT2D eigenvalue weighted by atomic mass is 10.1. The molecule has 0 aliphatic carbocycles. The van der Waals surface area contributed by atoms with Crippen molar-refractivity contribution < 1.29 is 19.6 Å². The van der Waals surface area contributed by atoms with Gasteiger partial charge in [-0.3, -0.25) is 4.79 Å². The highest BCUT2D eigenvalue weighted by molar-refractivity contribution is 5.93. The van der Waals surface area contributed by atoms with Gasteiger partial charge in [-0.1, -0.05) is 30.3 Å². The third-order valence-corrected chi connectivity index (χ3v) is 3.66. The Morgan fingerprint density at radius 1 is 1.13 bits per heavy atom. The number of nitrogens with one attached hydrogen (secondary N) is 1. The number of carbonyl (C=O) groups is 1. The van der Waals surface area contributed by atoms with E-state index in [1.54, 1.807) is 32.4 Å². The summed E-state index contributed by atoms with van der Waals surface area (Å²) in [4.78, 5) is 12.1. The van der Waals surface area contributed by atoms with E-state index in [0.29, 0.717) is 23.7 Å². The van der Waals surface area contributed by atoms with Crippen LogP contribution >= 0.6 is 0 Å². The molecule has 2 aromatic carbocycles. The Bertz CT molecular complexity index is 644. The number of nitrogens with two attached hydrogens (primary N) is 1. The topological polar surface area (TPSA) is 64.2 Å². The van der Waals surface area contributed by atoms with E-state index in [1.165, 1.54) is 5.56 Å². The van der Waals surface area contributed by atoms with Gasteiger partial charge in [-0.2, -0.15) is 0 Å². The number of hydrogen-bond donors (Lipinski definition) is 2. The molecule has 3 N–H and O–H groups in total. The molecule has 2 aromatic rings. The number of quaternary nitrogens is 1. The first-order valence-corrected chi connectivity index (χ1v) is 7.54. The van der Waals surface area contributed by atoms with E-state index in [1.807, 2.05) is 23.5 Å². The number of carbonyl (C=O) groups excluding carboxylic acids is 1. The Kier molecular flexibility index (Phi) is 6.00. The zero-order valence-corrected chi connectivity index (χ0v) is 13.7. The summed E-state index contributed by atoms with van der Waals surface area (Å²) >= 11 is 0. The molecule has 23 heavy (non-hydrogen) atoms. The maximum Gasteiger partial charge on any atom is 0.279 e. The second kappa shape index (κ2) is 8.19. The van der Waals surface area contributed by atoms with E-state index in [9.17, 15) is 4.79 Å². The van der Waals surface area contributed by atoms with Crippen LogP contribution in [-0.4, -0.2) is 26.7 Å². The first-order chi connectivity index (χ1) is 11.1. The summed E-state index contributed by atoms with van der Waals surface area (Å²) in [5, 5.41) is 4.87. The van der Waals surface area contributed by atoms with Crippen LogP contribution in [0.3, 0.4) is 0 Å². The van der Waals surface area contributed by atoms with Crippen LogP contribution in [0.2, 0.25) is 0 Å². The van der Waals surface area contributed by atoms with Gasteiger partial charge in [0.2, 0.25) is 0 Å². The summed E-state index contributed by atoms with van der Waals surface area (Å²) in [6, 6.07) is 15.6. The fourth-order valence-electron chi connectivity index (χ4n) is 2.28. The molecule has 2 rings (SSSR count). The number of hydrogen-bond acceptors (Lipinski definition) is 3. The van der Waals surface area contributed by atoms with Crippen LogP contribution in [0.25, 0.3) is 0 Å². The van der Waals surface area contributed by atoms with Gasteiger partial charge in [0.25, 0.3) is 5.91 Å². The molecule has 122 valence electrons. The maximum atomic E-state index is 12.1. The minimum Gasteiger partial charge on any atom is -0.497 e. The molecule has 0 aromatic heterocycles. The van der Waals surface area contributed by atoms with Gasteiger partial charge >= 0.3 is 0 Å². The SMILES string of the molecule is COc1ccc(NC(=O)C[NH2+][C@H](C)c2ccccc2)c(OC)c1. The van der Waals surface area contributed by atoms with E-state index in [4.69, 9.17) is 9.47 Å². The Labute approximate surface area is 136 Å². The molecular weight excluding hydrogens is 292 g/mol. The van der Waals surface area contributed by atoms with Crippen molar-refractivity contribution in [3.05, 3.63) is 54.1 Å². The second-order valence-corrected chi connectivity index (χ2v) is 5.25. The standard InChI is InChI=1S/C18H22N2O3/c1-13(14-7-5-4-6-8-14)19-12-18(21)20-16-10-9-15(22-2)11-17(16)23-3/h4-11,13,19H,12H2,1-3H3,(H,20,21)/p+1/t13-/m1/s1. The number of rotatable bonds is 7. The van der Waals surface area contributed by atoms with Crippen LogP contribution in [0, 0.1) is 0 Å². The van der Waals surface area contributed by atoms with Crippen LogP contribution in [0.4, 0.5) is 5.69 Å². The molecule has 0 aliphatic rings. The molecule has 1 amide bonds. The van der Waals surface area contributed by atoms with E-state index in [2.05, 4.69) is 24.4 Å². The highest BCUT2D eigenvalue weighted by atomic mass is 16.5. The third-order valence-electron chi connectivity index (χ3n) is 3.66. The third kappa shape index (κ3) is 4.72. The fourth-order valence-corrected chi connectivity index (χ4v) is 2.28. The van der Waals surface area contributed by atoms with Crippen molar-refractivity contribution in [3.63, 3.8) is 0 Å². The Balaban J connectivity index is 1.92. The molecule has 5 nitrogen and oxygen atoms in total. The molecular formula is C18H23N2O3+. The zero-order chi connectivity index (χ0) is 16.7. The van der Waals surface area contributed by atoms with Crippen molar-refractivity contribution in [1.82, 2.24) is 0 Å². The first-order valence-electron chi connectivity index (χ1n) is 7.54. The lowest BCUT2D eigenvalue weighted by Crippen LogP contribution is -2.86. The Morgan fingerprint density at radius 2 is 1.87 bits per heavy atom. The summed E-state index contributed by atoms with van der Waals surface area (Å²) in [7, 11) is 3.15. The minimum atomic E-state index is -0.0729. The summed E-state index contributed by atoms with van der Waals surface area (Å²) in [6.07, 6.45) is 0. The van der Waals surface area contributed by atoms with Gasteiger partial charge in [0.1, 0.15) is 17.5 Å². The van der Waals surface area contributed by atoms with Crippen molar-refractivity contribution in [2.45, 2.75) is 13.0 Å². The first kappa shape index (κ1) is 16.8. The monoisotopic (exact) mass is 315 g/mol. The molecule has 0 aliphatic heterocycles. The summed E-state index contributed by atoms with van der Waals surface area (Å²) in [5.74, 6) is 1.19. The lowest BCUT2D eigenvalue weighted by Gasteiger charge is -2.13. The second-order valence-electron chi connectivity index (χ2n) is 5.25. The Hall–Kier alpha value is -2.53. The van der Waals surface area contributed by atoms with Crippen molar-refractivity contribution in [2.75, 3.05) is 26.1 Å². The molecule has 0 spiro atoms. The number of amides is 1. The highest BCUT2D eigenvalue weighted by Crippen LogP contribution is 2.28. The van der Waals surface area contributed by atoms with Crippen LogP contribution in [0.1, 0.15) is 18.5 Å². The van der Waals surface area contributed by atoms with Gasteiger partial charge in [-0.15, -0.1) is 0 Å². The molecule has 0 saturated carbocycles. The van der Waals surface area contributed by atoms with Gasteiger partial charge in [0.05, 0.1) is 19.9 Å². The largest absolute Gasteiger partial charge is 0.497 e. The van der Waals surface area contributed by atoms with Crippen molar-refractivity contribution in [1.29, 1.82) is 0 Å². The number of methoxy groups -OCH3 is 2. The minimum absolute atomic E-state index is 0.0729. The molecule has 0 unspecified atom stereocenters. The molecule has 0 bridgehead atoms. The van der Waals surface area contributed by atoms with Crippen LogP contribution in [0.15, 0.2) is 48.5 Å². The summed E-state index contributed by atoms with van der Waals surface area (Å²) < 4.78 is 10.4. The smallest absolute Gasteiger partial charge is 0.279 e. The average Bonchev–Trinajstić information content (AvgIpc) is 2.60. The highest BCUT2D eigenvalue weighted by Gasteiger charge is 2.13. The molecule has 0 fully saturated rings. The van der Waals surface area contributed by atoms with E-state index in [0.717, 1.165) is 0 Å². The van der Waals surface area contributed by atoms with Crippen LogP contribution in [-0.2, 0) is 4.79 Å². The normalized spacial score (nSPS) is 11.6. The van der Waals surface area contributed by atoms with Gasteiger partial charge in [0.15, 0.2) is 6.54 Å². The van der Waals surface area contributed by atoms with Crippen molar-refractivity contribution in [2.24, 2.45) is 0 Å². The quantitative estimate of drug-likeness (QED) is 0.821. The van der Waals surface area contributed by atoms with Gasteiger partial charge in [-0.05, 0) is 19.1 Å². The number of ether oxygens (including phenoxy) is 2. The average molecular weight is 315 g/mol. The van der Waals surface area contributed by atoms with E-state index < -0.39 is 0 Å². The number of anilines is 1. The molecule has 1 atom stereocenters. The zero-order valence-electron chi connectivity index (χ0n) is 13.7. The predicted molar refractivity (Wildman–Crippen MR) is 89.8 cm³/mol. The van der Waals surface area contributed by atoms with Crippen LogP contribution in [0.5, 0.6) is 11.5 Å². The lowest BCUT2D eigenvalue weighted by molar-refractivity contribution is -0.682. The van der Waals surface area contributed by atoms with E-state index >= 15 is 0 Å². The van der Waals surface area contributed by atoms with E-state index in [-0.39, 0.29) is 11.9 Å². The van der Waals surface area contributed by atoms with Crippen molar-refractivity contribution >= 4 is 11.6 Å². The predicted octanol–water partition coefficient (Wildman–Crippen LogP) is 1.97. The maximum absolute atomic E-state index is 12.1. The summed E-state index contributed by atoms with van der Waals surface area (Å²) in [5.41, 5.74) is 1.83. The fraction of sp³-hybridized carbons (Fsp3) is 0.278. The van der Waals surface area contributed by atoms with Gasteiger partial charge in [0, 0.05) is 11.6 Å². The van der Waals surface area contributed by atoms with Gasteiger partial charge in [-0.25, -0.2) is 0 Å². The Morgan fingerprint density at radius 3 is 2.52 bits per heavy atom. The summed E-state index contributed by atoms with van der Waals surface area (Å²) in [6.45, 7) is 2.42. The molecule has 5 heteroatoms. The van der Waals surface area contributed by atoms with Gasteiger partial charge < -0.3 is 20.1 Å². The number of benzene rings is 2. The van der Waals surface area contributed by atoms with Crippen LogP contribution < -0.4 is 20.1 Å². The molecule has 0 heterocycles. The molecule has 0 radical (unpaired) electrons.